The lowest BCUT2D eigenvalue weighted by Crippen LogP contribution is -2.16. The van der Waals surface area contributed by atoms with Gasteiger partial charge in [0.2, 0.25) is 0 Å². The van der Waals surface area contributed by atoms with Crippen LogP contribution in [0.2, 0.25) is 10.0 Å². The maximum atomic E-state index is 12.4. The first-order chi connectivity index (χ1) is 12.3. The second-order valence-electron chi connectivity index (χ2n) is 5.26. The Morgan fingerprint density at radius 2 is 1.85 bits per heavy atom. The average Bonchev–Trinajstić information content (AvgIpc) is 3.02. The molecule has 0 aliphatic carbocycles. The fourth-order valence-corrected chi connectivity index (χ4v) is 3.56. The van der Waals surface area contributed by atoms with Crippen LogP contribution in [0.5, 0.6) is 0 Å². The molecule has 0 radical (unpaired) electrons. The van der Waals surface area contributed by atoms with Crippen molar-refractivity contribution in [3.05, 3.63) is 58.1 Å². The van der Waals surface area contributed by atoms with Crippen molar-refractivity contribution in [1.29, 1.82) is 0 Å². The van der Waals surface area contributed by atoms with Gasteiger partial charge in [0, 0.05) is 11.3 Å². The average molecular weight is 412 g/mol. The molecule has 0 fully saturated rings. The first kappa shape index (κ1) is 18.4. The van der Waals surface area contributed by atoms with Crippen LogP contribution in [-0.2, 0) is 9.84 Å². The topological polar surface area (TPSA) is 102 Å². The van der Waals surface area contributed by atoms with Crippen molar-refractivity contribution in [3.63, 3.8) is 0 Å². The maximum Gasteiger partial charge on any atom is 0.322 e. The molecule has 1 N–H and O–H groups in total. The third kappa shape index (κ3) is 3.87. The van der Waals surface area contributed by atoms with Crippen molar-refractivity contribution in [2.45, 2.75) is 4.90 Å². The van der Waals surface area contributed by atoms with E-state index in [0.29, 0.717) is 15.6 Å². The predicted octanol–water partition coefficient (Wildman–Crippen LogP) is 3.70. The van der Waals surface area contributed by atoms with Crippen molar-refractivity contribution in [3.8, 4) is 11.5 Å². The van der Waals surface area contributed by atoms with Crippen molar-refractivity contribution in [2.75, 3.05) is 11.6 Å². The van der Waals surface area contributed by atoms with Crippen LogP contribution in [-0.4, -0.2) is 30.8 Å². The largest absolute Gasteiger partial charge is 0.403 e. The van der Waals surface area contributed by atoms with Crippen LogP contribution >= 0.6 is 23.2 Å². The Kier molecular flexibility index (Phi) is 4.99. The third-order valence-electron chi connectivity index (χ3n) is 3.34. The van der Waals surface area contributed by atoms with Crippen molar-refractivity contribution < 1.29 is 17.6 Å². The Labute approximate surface area is 158 Å². The van der Waals surface area contributed by atoms with E-state index in [2.05, 4.69) is 15.5 Å². The number of carbonyl (C=O) groups excluding carboxylic acids is 1. The molecule has 3 rings (SSSR count). The number of benzene rings is 2. The third-order valence-corrected chi connectivity index (χ3v) is 5.04. The van der Waals surface area contributed by atoms with Crippen LogP contribution in [0.4, 0.5) is 6.01 Å². The highest BCUT2D eigenvalue weighted by atomic mass is 35.5. The van der Waals surface area contributed by atoms with E-state index in [-0.39, 0.29) is 22.4 Å². The molecule has 1 amide bonds. The van der Waals surface area contributed by atoms with E-state index >= 15 is 0 Å². The van der Waals surface area contributed by atoms with Gasteiger partial charge in [-0.25, -0.2) is 8.42 Å². The molecule has 2 aromatic carbocycles. The molecule has 26 heavy (non-hydrogen) atoms. The van der Waals surface area contributed by atoms with Crippen molar-refractivity contribution in [1.82, 2.24) is 10.2 Å². The zero-order chi connectivity index (χ0) is 18.9. The number of halogens is 2. The number of hydrogen-bond acceptors (Lipinski definition) is 6. The number of amides is 1. The Morgan fingerprint density at radius 1 is 1.12 bits per heavy atom. The summed E-state index contributed by atoms with van der Waals surface area (Å²) in [6.45, 7) is 0. The molecule has 1 aromatic heterocycles. The van der Waals surface area contributed by atoms with Gasteiger partial charge in [-0.2, -0.15) is 0 Å². The number of hydrogen-bond donors (Lipinski definition) is 1. The number of rotatable bonds is 4. The molecule has 3 aromatic rings. The second-order valence-corrected chi connectivity index (χ2v) is 8.09. The Hall–Kier alpha value is -2.42. The number of sulfone groups is 1. The van der Waals surface area contributed by atoms with Gasteiger partial charge in [0.05, 0.1) is 21.0 Å². The monoisotopic (exact) mass is 411 g/mol. The molecule has 134 valence electrons. The molecule has 0 aliphatic rings. The molecule has 7 nitrogen and oxygen atoms in total. The molecule has 0 atom stereocenters. The van der Waals surface area contributed by atoms with E-state index in [4.69, 9.17) is 27.6 Å². The molecule has 10 heteroatoms. The smallest absolute Gasteiger partial charge is 0.322 e. The highest BCUT2D eigenvalue weighted by molar-refractivity contribution is 7.90. The Morgan fingerprint density at radius 3 is 2.54 bits per heavy atom. The van der Waals surface area contributed by atoms with Gasteiger partial charge < -0.3 is 4.42 Å². The standard InChI is InChI=1S/C16H11Cl2N3O4S/c1-26(23,24)13-5-3-2-4-11(13)14(22)19-16-21-20-15(25-16)10-7-6-9(17)8-12(10)18/h2-8H,1H3,(H,19,21,22). The van der Waals surface area contributed by atoms with E-state index in [0.717, 1.165) is 6.26 Å². The molecule has 0 unspecified atom stereocenters. The summed E-state index contributed by atoms with van der Waals surface area (Å²) in [5.74, 6) is -0.609. The van der Waals surface area contributed by atoms with Gasteiger partial charge in [0.25, 0.3) is 11.8 Å². The van der Waals surface area contributed by atoms with Crippen molar-refractivity contribution in [2.24, 2.45) is 0 Å². The zero-order valence-corrected chi connectivity index (χ0v) is 15.6. The molecule has 0 aliphatic heterocycles. The fraction of sp³-hybridized carbons (Fsp3) is 0.0625. The fourth-order valence-electron chi connectivity index (χ4n) is 2.19. The SMILES string of the molecule is CS(=O)(=O)c1ccccc1C(=O)Nc1nnc(-c2ccc(Cl)cc2Cl)o1. The van der Waals surface area contributed by atoms with E-state index < -0.39 is 15.7 Å². The minimum Gasteiger partial charge on any atom is -0.403 e. The van der Waals surface area contributed by atoms with E-state index in [9.17, 15) is 13.2 Å². The van der Waals surface area contributed by atoms with Gasteiger partial charge in [0.15, 0.2) is 9.84 Å². The number of nitrogens with one attached hydrogen (secondary N) is 1. The lowest BCUT2D eigenvalue weighted by molar-refractivity contribution is 0.102. The zero-order valence-electron chi connectivity index (χ0n) is 13.2. The lowest BCUT2D eigenvalue weighted by atomic mass is 10.2. The molecule has 1 heterocycles. The molecular formula is C16H11Cl2N3O4S. The molecular weight excluding hydrogens is 401 g/mol. The van der Waals surface area contributed by atoms with Crippen LogP contribution in [0.1, 0.15) is 10.4 Å². The van der Waals surface area contributed by atoms with Crippen LogP contribution in [0.3, 0.4) is 0 Å². The minimum absolute atomic E-state index is 0.0284. The number of anilines is 1. The first-order valence-electron chi connectivity index (χ1n) is 7.15. The van der Waals surface area contributed by atoms with Crippen molar-refractivity contribution >= 4 is 45.0 Å². The quantitative estimate of drug-likeness (QED) is 0.701. The summed E-state index contributed by atoms with van der Waals surface area (Å²) in [5.41, 5.74) is 0.417. The number of aromatic nitrogens is 2. The summed E-state index contributed by atoms with van der Waals surface area (Å²) in [6.07, 6.45) is 1.02. The van der Waals surface area contributed by atoms with E-state index in [1.54, 1.807) is 18.2 Å². The Bertz CT molecular complexity index is 1100. The van der Waals surface area contributed by atoms with Gasteiger partial charge in [-0.05, 0) is 30.3 Å². The van der Waals surface area contributed by atoms with Gasteiger partial charge in [-0.15, -0.1) is 5.10 Å². The summed E-state index contributed by atoms with van der Waals surface area (Å²) in [7, 11) is -3.58. The summed E-state index contributed by atoms with van der Waals surface area (Å²) in [4.78, 5) is 12.3. The van der Waals surface area contributed by atoms with Gasteiger partial charge in [0.1, 0.15) is 0 Å². The maximum absolute atomic E-state index is 12.4. The van der Waals surface area contributed by atoms with Gasteiger partial charge in [-0.1, -0.05) is 40.4 Å². The highest BCUT2D eigenvalue weighted by Crippen LogP contribution is 2.30. The summed E-state index contributed by atoms with van der Waals surface area (Å²) in [6, 6.07) is 10.3. The predicted molar refractivity (Wildman–Crippen MR) is 97.3 cm³/mol. The highest BCUT2D eigenvalue weighted by Gasteiger charge is 2.20. The van der Waals surface area contributed by atoms with Crippen LogP contribution < -0.4 is 5.32 Å². The summed E-state index contributed by atoms with van der Waals surface area (Å²) in [5, 5.41) is 10.7. The first-order valence-corrected chi connectivity index (χ1v) is 9.80. The van der Waals surface area contributed by atoms with Crippen LogP contribution in [0, 0.1) is 0 Å². The van der Waals surface area contributed by atoms with Gasteiger partial charge in [-0.3, -0.25) is 10.1 Å². The number of carbonyl (C=O) groups is 1. The minimum atomic E-state index is -3.58. The molecule has 0 spiro atoms. The number of nitrogens with zero attached hydrogens (tertiary/aromatic N) is 2. The second kappa shape index (κ2) is 7.06. The summed E-state index contributed by atoms with van der Waals surface area (Å²) < 4.78 is 29.0. The lowest BCUT2D eigenvalue weighted by Gasteiger charge is -2.06. The van der Waals surface area contributed by atoms with E-state index in [1.165, 1.54) is 24.3 Å². The van der Waals surface area contributed by atoms with Crippen LogP contribution in [0.25, 0.3) is 11.5 Å². The Balaban J connectivity index is 1.87. The van der Waals surface area contributed by atoms with Crippen LogP contribution in [0.15, 0.2) is 51.8 Å². The normalized spacial score (nSPS) is 11.3. The summed E-state index contributed by atoms with van der Waals surface area (Å²) >= 11 is 11.9. The molecule has 0 bridgehead atoms. The molecule has 0 saturated heterocycles. The van der Waals surface area contributed by atoms with E-state index in [1.807, 2.05) is 0 Å². The molecule has 0 saturated carbocycles. The van der Waals surface area contributed by atoms with Gasteiger partial charge >= 0.3 is 6.01 Å².